The quantitative estimate of drug-likeness (QED) is 0.403. The van der Waals surface area contributed by atoms with E-state index in [0.717, 1.165) is 50.8 Å². The van der Waals surface area contributed by atoms with Gasteiger partial charge in [-0.25, -0.2) is 9.97 Å². The molecule has 2 N–H and O–H groups in total. The number of halogens is 1. The van der Waals surface area contributed by atoms with E-state index in [2.05, 4.69) is 55.1 Å². The van der Waals surface area contributed by atoms with E-state index < -0.39 is 5.60 Å². The Morgan fingerprint density at radius 3 is 2.79 bits per heavy atom. The molecule has 4 aromatic rings. The van der Waals surface area contributed by atoms with Crippen molar-refractivity contribution in [1.82, 2.24) is 24.8 Å². The van der Waals surface area contributed by atoms with E-state index in [1.54, 1.807) is 6.20 Å². The number of H-pyrrole nitrogens is 1. The number of aromatic nitrogens is 3. The first-order chi connectivity index (χ1) is 16.5. The molecule has 0 aliphatic carbocycles. The van der Waals surface area contributed by atoms with Gasteiger partial charge in [-0.3, -0.25) is 4.90 Å². The van der Waals surface area contributed by atoms with Crippen molar-refractivity contribution in [1.29, 1.82) is 0 Å². The lowest BCUT2D eigenvalue weighted by molar-refractivity contribution is 0.0486. The van der Waals surface area contributed by atoms with Crippen LogP contribution in [0.2, 0.25) is 5.02 Å². The smallest absolute Gasteiger partial charge is 0.138 e. The molecule has 2 saturated heterocycles. The van der Waals surface area contributed by atoms with Crippen LogP contribution in [0.5, 0.6) is 0 Å². The fourth-order valence-electron chi connectivity index (χ4n) is 5.25. The summed E-state index contributed by atoms with van der Waals surface area (Å²) in [7, 11) is 2.03. The van der Waals surface area contributed by atoms with Crippen molar-refractivity contribution in [2.24, 2.45) is 0 Å². The number of likely N-dealkylation sites (tertiary alicyclic amines) is 2. The van der Waals surface area contributed by atoms with Crippen molar-refractivity contribution in [3.8, 4) is 21.7 Å². The summed E-state index contributed by atoms with van der Waals surface area (Å²) in [5.74, 6) is 0. The van der Waals surface area contributed by atoms with Crippen LogP contribution >= 0.6 is 22.9 Å². The van der Waals surface area contributed by atoms with Crippen LogP contribution in [0.15, 0.2) is 42.7 Å². The summed E-state index contributed by atoms with van der Waals surface area (Å²) in [6.07, 6.45) is 6.81. The van der Waals surface area contributed by atoms with Crippen LogP contribution < -0.4 is 0 Å². The number of nitrogens with zero attached hydrogens (tertiary/aromatic N) is 4. The highest BCUT2D eigenvalue weighted by molar-refractivity contribution is 7.15. The fourth-order valence-corrected chi connectivity index (χ4v) is 6.66. The topological polar surface area (TPSA) is 68.3 Å². The molecule has 1 aromatic carbocycles. The summed E-state index contributed by atoms with van der Waals surface area (Å²) in [6.45, 7) is 4.83. The highest BCUT2D eigenvalue weighted by Gasteiger charge is 2.39. The van der Waals surface area contributed by atoms with Gasteiger partial charge in [0.15, 0.2) is 0 Å². The Balaban J connectivity index is 1.36. The summed E-state index contributed by atoms with van der Waals surface area (Å²) in [5, 5.41) is 13.4. The van der Waals surface area contributed by atoms with E-state index in [1.165, 1.54) is 42.8 Å². The minimum absolute atomic E-state index is 0.589. The third-order valence-electron chi connectivity index (χ3n) is 7.04. The van der Waals surface area contributed by atoms with Gasteiger partial charge < -0.3 is 15.0 Å². The second-order valence-corrected chi connectivity index (χ2v) is 11.1. The third-order valence-corrected chi connectivity index (χ3v) is 8.54. The Morgan fingerprint density at radius 2 is 2.00 bits per heavy atom. The lowest BCUT2D eigenvalue weighted by atomic mass is 10.1. The molecule has 3 aromatic heterocycles. The van der Waals surface area contributed by atoms with Crippen LogP contribution in [-0.2, 0) is 12.1 Å². The molecule has 2 fully saturated rings. The first kappa shape index (κ1) is 22.2. The van der Waals surface area contributed by atoms with Gasteiger partial charge in [-0.05, 0) is 62.7 Å². The van der Waals surface area contributed by atoms with Gasteiger partial charge in [0.2, 0.25) is 0 Å². The van der Waals surface area contributed by atoms with Crippen LogP contribution in [0.3, 0.4) is 0 Å². The largest absolute Gasteiger partial charge is 0.381 e. The van der Waals surface area contributed by atoms with E-state index in [1.807, 2.05) is 13.2 Å². The Hall–Kier alpha value is -2.29. The van der Waals surface area contributed by atoms with E-state index in [-0.39, 0.29) is 0 Å². The average molecular weight is 494 g/mol. The number of likely N-dealkylation sites (N-methyl/N-ethyl adjacent to an activating group) is 1. The van der Waals surface area contributed by atoms with Gasteiger partial charge in [-0.1, -0.05) is 29.8 Å². The number of hydrogen-bond acceptors (Lipinski definition) is 6. The summed E-state index contributed by atoms with van der Waals surface area (Å²) in [5.41, 5.74) is 4.32. The molecule has 5 heterocycles. The molecule has 0 saturated carbocycles. The minimum Gasteiger partial charge on any atom is -0.381 e. The Bertz CT molecular complexity index is 1340. The number of aliphatic hydroxyl groups is 1. The molecule has 0 bridgehead atoms. The molecule has 1 unspecified atom stereocenters. The van der Waals surface area contributed by atoms with Crippen LogP contribution in [0, 0.1) is 0 Å². The molecule has 6 rings (SSSR count). The van der Waals surface area contributed by atoms with Crippen molar-refractivity contribution in [2.45, 2.75) is 31.4 Å². The number of fused-ring (bicyclic) bond motifs is 1. The number of nitrogens with one attached hydrogen (secondary N) is 1. The third kappa shape index (κ3) is 4.06. The zero-order valence-corrected chi connectivity index (χ0v) is 20.8. The van der Waals surface area contributed by atoms with Gasteiger partial charge in [0.25, 0.3) is 0 Å². The minimum atomic E-state index is -0.893. The monoisotopic (exact) mass is 493 g/mol. The molecule has 6 nitrogen and oxygen atoms in total. The van der Waals surface area contributed by atoms with Crippen LogP contribution in [-0.4, -0.2) is 63.1 Å². The number of rotatable bonds is 5. The zero-order valence-electron chi connectivity index (χ0n) is 19.2. The maximum atomic E-state index is 11.1. The standard InChI is InChI=1S/C26H28ClN5OS/c1-31-10-7-26(33,16-31)25-29-14-22(34-25)23-19-12-21(30-24(19)28-13-20(23)27)18-6-4-5-17(11-18)15-32-8-2-3-9-32/h4-6,11-14,33H,2-3,7-10,15-16H2,1H3,(H,28,30). The Labute approximate surface area is 208 Å². The van der Waals surface area contributed by atoms with Gasteiger partial charge in [0, 0.05) is 48.7 Å². The number of hydrogen-bond donors (Lipinski definition) is 2. The van der Waals surface area contributed by atoms with E-state index in [4.69, 9.17) is 11.6 Å². The molecular weight excluding hydrogens is 466 g/mol. The van der Waals surface area contributed by atoms with E-state index >= 15 is 0 Å². The molecule has 176 valence electrons. The Morgan fingerprint density at radius 1 is 1.15 bits per heavy atom. The number of benzene rings is 1. The van der Waals surface area contributed by atoms with Crippen LogP contribution in [0.4, 0.5) is 0 Å². The molecule has 34 heavy (non-hydrogen) atoms. The SMILES string of the molecule is CN1CCC(O)(c2ncc(-c3c(Cl)cnc4[nH]c(-c5cccc(CN6CCCC6)c5)cc34)s2)C1. The number of pyridine rings is 1. The Kier molecular flexibility index (Phi) is 5.70. The molecule has 1 atom stereocenters. The van der Waals surface area contributed by atoms with Crippen molar-refractivity contribution in [3.63, 3.8) is 0 Å². The van der Waals surface area contributed by atoms with Crippen LogP contribution in [0.1, 0.15) is 29.8 Å². The van der Waals surface area contributed by atoms with Crippen LogP contribution in [0.25, 0.3) is 32.7 Å². The zero-order chi connectivity index (χ0) is 23.3. The second kappa shape index (κ2) is 8.73. The number of thiazole rings is 1. The van der Waals surface area contributed by atoms with Gasteiger partial charge in [0.05, 0.1) is 9.90 Å². The molecule has 0 radical (unpaired) electrons. The average Bonchev–Trinajstić information content (AvgIpc) is 3.61. The van der Waals surface area contributed by atoms with Crippen molar-refractivity contribution < 1.29 is 5.11 Å². The lowest BCUT2D eigenvalue weighted by Crippen LogP contribution is -2.28. The maximum Gasteiger partial charge on any atom is 0.138 e. The van der Waals surface area contributed by atoms with Gasteiger partial charge in [-0.15, -0.1) is 11.3 Å². The highest BCUT2D eigenvalue weighted by atomic mass is 35.5. The first-order valence-electron chi connectivity index (χ1n) is 11.8. The number of aromatic amines is 1. The molecule has 2 aliphatic rings. The summed E-state index contributed by atoms with van der Waals surface area (Å²) < 4.78 is 0. The van der Waals surface area contributed by atoms with E-state index in [0.29, 0.717) is 18.0 Å². The molecule has 8 heteroatoms. The first-order valence-corrected chi connectivity index (χ1v) is 13.0. The number of β-amino-alcohol motifs (C(OH)–C–C–N with tert-alkyl or cyclic N) is 1. The molecule has 2 aliphatic heterocycles. The molecular formula is C26H28ClN5OS. The predicted molar refractivity (Wildman–Crippen MR) is 138 cm³/mol. The van der Waals surface area contributed by atoms with E-state index in [9.17, 15) is 5.11 Å². The fraction of sp³-hybridized carbons (Fsp3) is 0.385. The van der Waals surface area contributed by atoms with Crippen molar-refractivity contribution in [2.75, 3.05) is 33.2 Å². The predicted octanol–water partition coefficient (Wildman–Crippen LogP) is 5.13. The summed E-state index contributed by atoms with van der Waals surface area (Å²) in [6, 6.07) is 10.9. The summed E-state index contributed by atoms with van der Waals surface area (Å²) >= 11 is 8.19. The summed E-state index contributed by atoms with van der Waals surface area (Å²) in [4.78, 5) is 18.2. The van der Waals surface area contributed by atoms with Crippen molar-refractivity contribution in [3.05, 3.63) is 58.3 Å². The van der Waals surface area contributed by atoms with Gasteiger partial charge >= 0.3 is 0 Å². The normalized spacial score (nSPS) is 21.7. The van der Waals surface area contributed by atoms with Gasteiger partial charge in [0.1, 0.15) is 16.3 Å². The maximum absolute atomic E-state index is 11.1. The lowest BCUT2D eigenvalue weighted by Gasteiger charge is -2.19. The second-order valence-electron chi connectivity index (χ2n) is 9.66. The van der Waals surface area contributed by atoms with Crippen molar-refractivity contribution >= 4 is 34.0 Å². The molecule has 0 spiro atoms. The molecule has 0 amide bonds. The van der Waals surface area contributed by atoms with Gasteiger partial charge in [-0.2, -0.15) is 0 Å². The highest BCUT2D eigenvalue weighted by Crippen LogP contribution is 2.42.